The maximum Gasteiger partial charge on any atom is 0.254 e. The number of phenolic OH excluding ortho intramolecular Hbond substituents is 1. The highest BCUT2D eigenvalue weighted by Gasteiger charge is 2.25. The number of thiophene rings is 1. The molecular weight excluding hydrogens is 424 g/mol. The van der Waals surface area contributed by atoms with E-state index in [2.05, 4.69) is 10.3 Å². The van der Waals surface area contributed by atoms with Crippen molar-refractivity contribution in [3.8, 4) is 17.2 Å². The smallest absolute Gasteiger partial charge is 0.254 e. The molecule has 0 saturated carbocycles. The Kier molecular flexibility index (Phi) is 6.75. The van der Waals surface area contributed by atoms with Crippen LogP contribution >= 0.6 is 11.3 Å². The molecule has 2 aromatic carbocycles. The van der Waals surface area contributed by atoms with Crippen molar-refractivity contribution < 1.29 is 19.4 Å². The van der Waals surface area contributed by atoms with Crippen molar-refractivity contribution in [2.75, 3.05) is 14.2 Å². The van der Waals surface area contributed by atoms with E-state index < -0.39 is 0 Å². The topological polar surface area (TPSA) is 80.2 Å². The fourth-order valence-corrected chi connectivity index (χ4v) is 5.10. The maximum atomic E-state index is 13.2. The number of phenols is 1. The number of nitrogens with zero attached hydrogens (tertiary/aromatic N) is 1. The second-order valence-electron chi connectivity index (χ2n) is 7.59. The van der Waals surface area contributed by atoms with Crippen LogP contribution in [0.3, 0.4) is 0 Å². The molecule has 0 spiro atoms. The van der Waals surface area contributed by atoms with Crippen molar-refractivity contribution in [2.24, 2.45) is 4.99 Å². The van der Waals surface area contributed by atoms with Gasteiger partial charge in [-0.05, 0) is 48.9 Å². The van der Waals surface area contributed by atoms with Crippen molar-refractivity contribution >= 4 is 28.5 Å². The van der Waals surface area contributed by atoms with E-state index in [0.717, 1.165) is 36.8 Å². The summed E-state index contributed by atoms with van der Waals surface area (Å²) in [4.78, 5) is 19.1. The minimum absolute atomic E-state index is 0.0558. The van der Waals surface area contributed by atoms with Crippen molar-refractivity contribution in [3.63, 3.8) is 0 Å². The van der Waals surface area contributed by atoms with Gasteiger partial charge in [0.1, 0.15) is 5.00 Å². The van der Waals surface area contributed by atoms with Gasteiger partial charge < -0.3 is 19.9 Å². The zero-order chi connectivity index (χ0) is 22.5. The second kappa shape index (κ2) is 9.87. The lowest BCUT2D eigenvalue weighted by Gasteiger charge is -2.13. The van der Waals surface area contributed by atoms with E-state index >= 15 is 0 Å². The van der Waals surface area contributed by atoms with Crippen LogP contribution in [0.2, 0.25) is 0 Å². The SMILES string of the molecule is COc1cc(C=Nc2sc3c(c2C(=O)NCc2ccccc2)CCCC3)cc(OC)c1O. The lowest BCUT2D eigenvalue weighted by Crippen LogP contribution is -2.24. The van der Waals surface area contributed by atoms with E-state index in [1.807, 2.05) is 30.3 Å². The van der Waals surface area contributed by atoms with E-state index in [1.54, 1.807) is 29.7 Å². The van der Waals surface area contributed by atoms with E-state index in [1.165, 1.54) is 19.1 Å². The number of hydrogen-bond donors (Lipinski definition) is 2. The molecule has 0 aliphatic heterocycles. The number of carbonyl (C=O) groups excluding carboxylic acids is 1. The summed E-state index contributed by atoms with van der Waals surface area (Å²) in [7, 11) is 2.97. The van der Waals surface area contributed by atoms with E-state index in [-0.39, 0.29) is 11.7 Å². The molecule has 3 aromatic rings. The van der Waals surface area contributed by atoms with Crippen LogP contribution < -0.4 is 14.8 Å². The Morgan fingerprint density at radius 3 is 2.50 bits per heavy atom. The fourth-order valence-electron chi connectivity index (χ4n) is 3.86. The van der Waals surface area contributed by atoms with Crippen molar-refractivity contribution in [2.45, 2.75) is 32.2 Å². The predicted octanol–water partition coefficient (Wildman–Crippen LogP) is 5.03. The number of benzene rings is 2. The zero-order valence-corrected chi connectivity index (χ0v) is 19.0. The van der Waals surface area contributed by atoms with Crippen LogP contribution in [0.1, 0.15) is 44.8 Å². The van der Waals surface area contributed by atoms with Gasteiger partial charge in [-0.1, -0.05) is 30.3 Å². The third-order valence-corrected chi connectivity index (χ3v) is 6.71. The average molecular weight is 451 g/mol. The molecule has 2 N–H and O–H groups in total. The Morgan fingerprint density at radius 2 is 1.81 bits per heavy atom. The number of aliphatic imine (C=N–C) groups is 1. The third-order valence-electron chi connectivity index (χ3n) is 5.51. The van der Waals surface area contributed by atoms with Crippen LogP contribution in [0, 0.1) is 0 Å². The molecule has 32 heavy (non-hydrogen) atoms. The number of aromatic hydroxyl groups is 1. The summed E-state index contributed by atoms with van der Waals surface area (Å²) in [6.07, 6.45) is 5.77. The molecular formula is C25H26N2O4S. The standard InChI is InChI=1S/C25H26N2O4S/c1-30-19-12-17(13-20(31-2)23(19)28)15-27-25-22(18-10-6-7-11-21(18)32-25)24(29)26-14-16-8-4-3-5-9-16/h3-5,8-9,12-13,15,28H,6-7,10-11,14H2,1-2H3,(H,26,29). The first kappa shape index (κ1) is 21.9. The average Bonchev–Trinajstić information content (AvgIpc) is 3.21. The van der Waals surface area contributed by atoms with E-state index in [9.17, 15) is 9.90 Å². The lowest BCUT2D eigenvalue weighted by molar-refractivity contribution is 0.0951. The largest absolute Gasteiger partial charge is 0.502 e. The summed E-state index contributed by atoms with van der Waals surface area (Å²) in [6, 6.07) is 13.2. The summed E-state index contributed by atoms with van der Waals surface area (Å²) in [6.45, 7) is 0.472. The normalized spacial score (nSPS) is 13.1. The number of aryl methyl sites for hydroxylation is 1. The number of ether oxygens (including phenoxy) is 2. The summed E-state index contributed by atoms with van der Waals surface area (Å²) in [5, 5.41) is 13.9. The first-order chi connectivity index (χ1) is 15.6. The zero-order valence-electron chi connectivity index (χ0n) is 18.2. The van der Waals surface area contributed by atoms with Gasteiger partial charge in [-0.25, -0.2) is 4.99 Å². The predicted molar refractivity (Wildman–Crippen MR) is 127 cm³/mol. The van der Waals surface area contributed by atoms with Gasteiger partial charge in [-0.15, -0.1) is 11.3 Å². The number of methoxy groups -OCH3 is 2. The molecule has 0 unspecified atom stereocenters. The van der Waals surface area contributed by atoms with Gasteiger partial charge in [0.15, 0.2) is 11.5 Å². The molecule has 1 aromatic heterocycles. The number of amides is 1. The molecule has 0 saturated heterocycles. The molecule has 0 atom stereocenters. The Labute approximate surface area is 191 Å². The Hall–Kier alpha value is -3.32. The van der Waals surface area contributed by atoms with Gasteiger partial charge in [-0.3, -0.25) is 4.79 Å². The highest BCUT2D eigenvalue weighted by atomic mass is 32.1. The molecule has 0 fully saturated rings. The Bertz CT molecular complexity index is 1110. The first-order valence-corrected chi connectivity index (χ1v) is 11.4. The van der Waals surface area contributed by atoms with Crippen LogP contribution in [0.4, 0.5) is 5.00 Å². The number of nitrogens with one attached hydrogen (secondary N) is 1. The van der Waals surface area contributed by atoms with Crippen molar-refractivity contribution in [3.05, 3.63) is 69.6 Å². The molecule has 166 valence electrons. The monoisotopic (exact) mass is 450 g/mol. The number of rotatable bonds is 7. The highest BCUT2D eigenvalue weighted by Crippen LogP contribution is 2.40. The van der Waals surface area contributed by atoms with Crippen molar-refractivity contribution in [1.82, 2.24) is 5.32 Å². The van der Waals surface area contributed by atoms with Gasteiger partial charge >= 0.3 is 0 Å². The van der Waals surface area contributed by atoms with Crippen LogP contribution in [-0.4, -0.2) is 31.4 Å². The Balaban J connectivity index is 1.64. The molecule has 1 aliphatic rings. The maximum absolute atomic E-state index is 13.2. The molecule has 0 bridgehead atoms. The van der Waals surface area contributed by atoms with Gasteiger partial charge in [0.25, 0.3) is 5.91 Å². The molecule has 0 radical (unpaired) electrons. The van der Waals surface area contributed by atoms with E-state index in [4.69, 9.17) is 9.47 Å². The fraction of sp³-hybridized carbons (Fsp3) is 0.280. The highest BCUT2D eigenvalue weighted by molar-refractivity contribution is 7.16. The van der Waals surface area contributed by atoms with Crippen molar-refractivity contribution in [1.29, 1.82) is 0 Å². The lowest BCUT2D eigenvalue weighted by atomic mass is 9.95. The molecule has 1 amide bonds. The van der Waals surface area contributed by atoms with E-state index in [0.29, 0.717) is 34.2 Å². The second-order valence-corrected chi connectivity index (χ2v) is 8.68. The molecule has 1 heterocycles. The van der Waals surface area contributed by atoms with Crippen LogP contribution in [-0.2, 0) is 19.4 Å². The molecule has 1 aliphatic carbocycles. The van der Waals surface area contributed by atoms with Gasteiger partial charge in [0.05, 0.1) is 19.8 Å². The van der Waals surface area contributed by atoms with Crippen LogP contribution in [0.15, 0.2) is 47.5 Å². The number of fused-ring (bicyclic) bond motifs is 1. The quantitative estimate of drug-likeness (QED) is 0.495. The Morgan fingerprint density at radius 1 is 1.12 bits per heavy atom. The molecule has 7 heteroatoms. The molecule has 6 nitrogen and oxygen atoms in total. The summed E-state index contributed by atoms with van der Waals surface area (Å²) >= 11 is 1.58. The third kappa shape index (κ3) is 4.62. The summed E-state index contributed by atoms with van der Waals surface area (Å²) in [5.41, 5.74) is 3.56. The number of carbonyl (C=O) groups is 1. The minimum Gasteiger partial charge on any atom is -0.502 e. The molecule has 4 rings (SSSR count). The summed E-state index contributed by atoms with van der Waals surface area (Å²) in [5.74, 6) is 0.454. The number of hydrogen-bond acceptors (Lipinski definition) is 6. The van der Waals surface area contributed by atoms with Gasteiger partial charge in [0.2, 0.25) is 5.75 Å². The minimum atomic E-state index is -0.0960. The van der Waals surface area contributed by atoms with Crippen LogP contribution in [0.25, 0.3) is 0 Å². The van der Waals surface area contributed by atoms with Crippen LogP contribution in [0.5, 0.6) is 17.2 Å². The van der Waals surface area contributed by atoms with Gasteiger partial charge in [0, 0.05) is 23.2 Å². The summed E-state index contributed by atoms with van der Waals surface area (Å²) < 4.78 is 10.5. The van der Waals surface area contributed by atoms with Gasteiger partial charge in [-0.2, -0.15) is 0 Å². The first-order valence-electron chi connectivity index (χ1n) is 10.6.